The van der Waals surface area contributed by atoms with Crippen LogP contribution < -0.4 is 10.6 Å². The molecule has 0 radical (unpaired) electrons. The van der Waals surface area contributed by atoms with Crippen molar-refractivity contribution in [3.8, 4) is 0 Å². The molecule has 6 heteroatoms. The number of nitrogens with one attached hydrogen (secondary N) is 2. The van der Waals surface area contributed by atoms with Gasteiger partial charge in [-0.2, -0.15) is 0 Å². The minimum absolute atomic E-state index is 0.0907. The van der Waals surface area contributed by atoms with Gasteiger partial charge in [-0.15, -0.1) is 0 Å². The summed E-state index contributed by atoms with van der Waals surface area (Å²) < 4.78 is 0. The molecule has 0 aliphatic carbocycles. The van der Waals surface area contributed by atoms with Crippen LogP contribution >= 0.6 is 0 Å². The lowest BCUT2D eigenvalue weighted by Gasteiger charge is -2.12. The fourth-order valence-electron chi connectivity index (χ4n) is 1.52. The van der Waals surface area contributed by atoms with Gasteiger partial charge >= 0.3 is 0 Å². The van der Waals surface area contributed by atoms with E-state index >= 15 is 0 Å². The lowest BCUT2D eigenvalue weighted by Crippen LogP contribution is -2.31. The maximum Gasteiger partial charge on any atom is 0.270 e. The molecular formula is C13H23N5O. The SMILES string of the molecule is Cc1nc(NCCN(C)C)cc(C(=O)NC(C)C)n1. The minimum atomic E-state index is -0.170. The van der Waals surface area contributed by atoms with Gasteiger partial charge in [0.05, 0.1) is 0 Å². The number of nitrogens with zero attached hydrogens (tertiary/aromatic N) is 3. The molecule has 0 aromatic carbocycles. The number of hydrogen-bond donors (Lipinski definition) is 2. The van der Waals surface area contributed by atoms with Gasteiger partial charge in [0, 0.05) is 25.2 Å². The van der Waals surface area contributed by atoms with Gasteiger partial charge in [-0.25, -0.2) is 9.97 Å². The monoisotopic (exact) mass is 265 g/mol. The number of aryl methyl sites for hydroxylation is 1. The summed E-state index contributed by atoms with van der Waals surface area (Å²) in [5.74, 6) is 1.10. The maximum atomic E-state index is 11.9. The van der Waals surface area contributed by atoms with Crippen LogP contribution in [0.2, 0.25) is 0 Å². The van der Waals surface area contributed by atoms with Gasteiger partial charge < -0.3 is 15.5 Å². The fourth-order valence-corrected chi connectivity index (χ4v) is 1.52. The zero-order valence-electron chi connectivity index (χ0n) is 12.3. The molecule has 0 fully saturated rings. The van der Waals surface area contributed by atoms with Crippen LogP contribution in [0.15, 0.2) is 6.07 Å². The first-order chi connectivity index (χ1) is 8.88. The number of amides is 1. The van der Waals surface area contributed by atoms with Crippen molar-refractivity contribution in [2.45, 2.75) is 26.8 Å². The Labute approximate surface area is 114 Å². The number of carbonyl (C=O) groups excluding carboxylic acids is 1. The highest BCUT2D eigenvalue weighted by atomic mass is 16.1. The number of carbonyl (C=O) groups is 1. The van der Waals surface area contributed by atoms with E-state index in [9.17, 15) is 4.79 Å². The Bertz CT molecular complexity index is 431. The quantitative estimate of drug-likeness (QED) is 0.799. The Morgan fingerprint density at radius 2 is 2.05 bits per heavy atom. The molecule has 1 amide bonds. The van der Waals surface area contributed by atoms with E-state index in [0.717, 1.165) is 13.1 Å². The molecule has 0 unspecified atom stereocenters. The summed E-state index contributed by atoms with van der Waals surface area (Å²) in [7, 11) is 4.02. The van der Waals surface area contributed by atoms with Gasteiger partial charge in [0.2, 0.25) is 0 Å². The summed E-state index contributed by atoms with van der Waals surface area (Å²) in [5.41, 5.74) is 0.397. The second-order valence-corrected chi connectivity index (χ2v) is 5.04. The lowest BCUT2D eigenvalue weighted by atomic mass is 10.3. The molecule has 106 valence electrons. The van der Waals surface area contributed by atoms with Crippen molar-refractivity contribution in [2.24, 2.45) is 0 Å². The summed E-state index contributed by atoms with van der Waals surface area (Å²) in [4.78, 5) is 22.4. The molecule has 1 aromatic heterocycles. The van der Waals surface area contributed by atoms with Gasteiger partial charge in [0.1, 0.15) is 17.3 Å². The fraction of sp³-hybridized carbons (Fsp3) is 0.615. The summed E-state index contributed by atoms with van der Waals surface area (Å²) in [6.45, 7) is 7.29. The maximum absolute atomic E-state index is 11.9. The van der Waals surface area contributed by atoms with E-state index in [1.54, 1.807) is 13.0 Å². The van der Waals surface area contributed by atoms with Crippen LogP contribution in [0, 0.1) is 6.92 Å². The number of likely N-dealkylation sites (N-methyl/N-ethyl adjacent to an activating group) is 1. The van der Waals surface area contributed by atoms with E-state index in [0.29, 0.717) is 17.3 Å². The number of aromatic nitrogens is 2. The Hall–Kier alpha value is -1.69. The molecule has 6 nitrogen and oxygen atoms in total. The Balaban J connectivity index is 2.73. The van der Waals surface area contributed by atoms with Crippen LogP contribution in [0.1, 0.15) is 30.2 Å². The van der Waals surface area contributed by atoms with Crippen LogP contribution in [0.4, 0.5) is 5.82 Å². The number of hydrogen-bond acceptors (Lipinski definition) is 5. The Kier molecular flexibility index (Phi) is 5.69. The molecule has 0 atom stereocenters. The van der Waals surface area contributed by atoms with E-state index in [-0.39, 0.29) is 11.9 Å². The van der Waals surface area contributed by atoms with Gasteiger partial charge in [-0.3, -0.25) is 4.79 Å². The first kappa shape index (κ1) is 15.4. The van der Waals surface area contributed by atoms with Gasteiger partial charge in [0.15, 0.2) is 0 Å². The predicted molar refractivity (Wildman–Crippen MR) is 76.4 cm³/mol. The Morgan fingerprint density at radius 3 is 2.63 bits per heavy atom. The van der Waals surface area contributed by atoms with E-state index in [1.807, 2.05) is 27.9 Å². The van der Waals surface area contributed by atoms with Crippen molar-refractivity contribution in [3.63, 3.8) is 0 Å². The molecular weight excluding hydrogens is 242 g/mol. The van der Waals surface area contributed by atoms with E-state index in [4.69, 9.17) is 0 Å². The normalized spacial score (nSPS) is 10.9. The molecule has 0 bridgehead atoms. The second-order valence-electron chi connectivity index (χ2n) is 5.04. The third-order valence-corrected chi connectivity index (χ3v) is 2.36. The first-order valence-corrected chi connectivity index (χ1v) is 6.43. The Morgan fingerprint density at radius 1 is 1.37 bits per heavy atom. The number of anilines is 1. The molecule has 1 rings (SSSR count). The molecule has 0 saturated carbocycles. The highest BCUT2D eigenvalue weighted by Gasteiger charge is 2.11. The molecule has 2 N–H and O–H groups in total. The van der Waals surface area contributed by atoms with Gasteiger partial charge in [0.25, 0.3) is 5.91 Å². The smallest absolute Gasteiger partial charge is 0.270 e. The highest BCUT2D eigenvalue weighted by Crippen LogP contribution is 2.06. The van der Waals surface area contributed by atoms with Crippen LogP contribution in [-0.2, 0) is 0 Å². The molecule has 19 heavy (non-hydrogen) atoms. The average Bonchev–Trinajstić information content (AvgIpc) is 2.26. The molecule has 1 heterocycles. The van der Waals surface area contributed by atoms with Crippen molar-refractivity contribution in [1.29, 1.82) is 0 Å². The molecule has 0 spiro atoms. The third-order valence-electron chi connectivity index (χ3n) is 2.36. The minimum Gasteiger partial charge on any atom is -0.369 e. The molecule has 1 aromatic rings. The van der Waals surface area contributed by atoms with Crippen molar-refractivity contribution in [1.82, 2.24) is 20.2 Å². The van der Waals surface area contributed by atoms with Gasteiger partial charge in [-0.1, -0.05) is 0 Å². The van der Waals surface area contributed by atoms with Crippen LogP contribution in [-0.4, -0.2) is 54.0 Å². The van der Waals surface area contributed by atoms with Gasteiger partial charge in [-0.05, 0) is 34.9 Å². The molecule has 0 aliphatic rings. The summed E-state index contributed by atoms with van der Waals surface area (Å²) in [6.07, 6.45) is 0. The second kappa shape index (κ2) is 7.04. The van der Waals surface area contributed by atoms with Crippen molar-refractivity contribution in [3.05, 3.63) is 17.6 Å². The zero-order chi connectivity index (χ0) is 14.4. The van der Waals surface area contributed by atoms with Crippen LogP contribution in [0.3, 0.4) is 0 Å². The van der Waals surface area contributed by atoms with Crippen molar-refractivity contribution in [2.75, 3.05) is 32.5 Å². The first-order valence-electron chi connectivity index (χ1n) is 6.43. The molecule has 0 saturated heterocycles. The van der Waals surface area contributed by atoms with E-state index in [1.165, 1.54) is 0 Å². The highest BCUT2D eigenvalue weighted by molar-refractivity contribution is 5.93. The summed E-state index contributed by atoms with van der Waals surface area (Å²) >= 11 is 0. The predicted octanol–water partition coefficient (Wildman–Crippen LogP) is 0.897. The topological polar surface area (TPSA) is 70.2 Å². The van der Waals surface area contributed by atoms with E-state index < -0.39 is 0 Å². The molecule has 0 aliphatic heterocycles. The van der Waals surface area contributed by atoms with E-state index in [2.05, 4.69) is 25.5 Å². The largest absolute Gasteiger partial charge is 0.369 e. The van der Waals surface area contributed by atoms with Crippen LogP contribution in [0.5, 0.6) is 0 Å². The summed E-state index contributed by atoms with van der Waals surface area (Å²) in [5, 5.41) is 6.02. The summed E-state index contributed by atoms with van der Waals surface area (Å²) in [6, 6.07) is 1.77. The lowest BCUT2D eigenvalue weighted by molar-refractivity contribution is 0.0937. The average molecular weight is 265 g/mol. The third kappa shape index (κ3) is 5.65. The standard InChI is InChI=1S/C13H23N5O/c1-9(2)15-13(19)11-8-12(17-10(3)16-11)14-6-7-18(4)5/h8-9H,6-7H2,1-5H3,(H,15,19)(H,14,16,17). The van der Waals surface area contributed by atoms with Crippen LogP contribution in [0.25, 0.3) is 0 Å². The van der Waals surface area contributed by atoms with Crippen molar-refractivity contribution < 1.29 is 4.79 Å². The van der Waals surface area contributed by atoms with Crippen molar-refractivity contribution >= 4 is 11.7 Å². The zero-order valence-corrected chi connectivity index (χ0v) is 12.3. The number of rotatable bonds is 6.